The van der Waals surface area contributed by atoms with E-state index in [1.807, 2.05) is 91.9 Å². The van der Waals surface area contributed by atoms with Gasteiger partial charge >= 0.3 is 17.1 Å². The van der Waals surface area contributed by atoms with Crippen LogP contribution in [0.3, 0.4) is 0 Å². The topological polar surface area (TPSA) is 37.6 Å². The fourth-order valence-corrected chi connectivity index (χ4v) is 4.66. The van der Waals surface area contributed by atoms with Gasteiger partial charge in [-0.2, -0.15) is 0 Å². The third kappa shape index (κ3) is 14.6. The van der Waals surface area contributed by atoms with E-state index >= 15 is 0 Å². The van der Waals surface area contributed by atoms with Crippen molar-refractivity contribution in [1.82, 2.24) is 4.98 Å². The number of nitrogens with zero attached hydrogens (tertiary/aromatic N) is 3. The van der Waals surface area contributed by atoms with Crippen LogP contribution < -0.4 is 0 Å². The van der Waals surface area contributed by atoms with Crippen molar-refractivity contribution in [3.63, 3.8) is 0 Å². The third-order valence-electron chi connectivity index (χ3n) is 6.40. The molecule has 0 aliphatic carbocycles. The van der Waals surface area contributed by atoms with Gasteiger partial charge in [-0.25, -0.2) is 15.0 Å². The van der Waals surface area contributed by atoms with Crippen molar-refractivity contribution in [2.24, 2.45) is 9.98 Å². The Kier molecular flexibility index (Phi) is 16.3. The minimum absolute atomic E-state index is 0. The average molecular weight is 744 g/mol. The molecule has 0 amide bonds. The van der Waals surface area contributed by atoms with Crippen LogP contribution in [0.5, 0.6) is 0 Å². The van der Waals surface area contributed by atoms with E-state index in [0.29, 0.717) is 5.02 Å². The summed E-state index contributed by atoms with van der Waals surface area (Å²) < 4.78 is 0. The molecule has 0 aliphatic rings. The van der Waals surface area contributed by atoms with E-state index in [2.05, 4.69) is 96.6 Å². The fourth-order valence-electron chi connectivity index (χ4n) is 4.40. The largest absolute Gasteiger partial charge is 2.00 e. The van der Waals surface area contributed by atoms with Crippen LogP contribution in [0.15, 0.2) is 125 Å². The first-order valence-corrected chi connectivity index (χ1v) is 24.1. The van der Waals surface area contributed by atoms with Crippen molar-refractivity contribution >= 4 is 50.5 Å². The van der Waals surface area contributed by atoms with Crippen LogP contribution in [0.2, 0.25) is 44.3 Å². The summed E-state index contributed by atoms with van der Waals surface area (Å²) in [6.07, 6.45) is 0. The summed E-state index contributed by atoms with van der Waals surface area (Å²) in [5.74, 6) is 0. The van der Waals surface area contributed by atoms with Crippen molar-refractivity contribution in [3.8, 4) is 0 Å². The summed E-state index contributed by atoms with van der Waals surface area (Å²) in [7, 11) is -1.72. The summed E-state index contributed by atoms with van der Waals surface area (Å²) in [5.41, 5.74) is 10.00. The summed E-state index contributed by atoms with van der Waals surface area (Å²) >= 11 is 6.58. The van der Waals surface area contributed by atoms with Crippen molar-refractivity contribution in [2.45, 2.75) is 60.1 Å². The van der Waals surface area contributed by atoms with Gasteiger partial charge in [-0.1, -0.05) is 148 Å². The summed E-state index contributed by atoms with van der Waals surface area (Å²) in [5, 5.41) is 0.608. The quantitative estimate of drug-likeness (QED) is 0.0969. The minimum Gasteiger partial charge on any atom is -0.342 e. The van der Waals surface area contributed by atoms with Gasteiger partial charge in [-0.15, -0.1) is 16.1 Å². The number of aliphatic imine (C=N–C) groups is 2. The molecule has 0 N–H and O–H groups in total. The number of benzene rings is 4. The van der Waals surface area contributed by atoms with E-state index in [9.17, 15) is 0 Å². The Hall–Kier alpha value is -3.39. The van der Waals surface area contributed by atoms with Gasteiger partial charge in [-0.05, 0) is 55.7 Å². The molecule has 0 spiro atoms. The van der Waals surface area contributed by atoms with Gasteiger partial charge in [0, 0.05) is 11.1 Å². The first-order valence-electron chi connectivity index (χ1n) is 16.3. The molecule has 0 radical (unpaired) electrons. The molecule has 0 saturated carbocycles. The van der Waals surface area contributed by atoms with Gasteiger partial charge in [0.1, 0.15) is 0 Å². The van der Waals surface area contributed by atoms with Crippen LogP contribution in [0.25, 0.3) is 0 Å². The Morgan fingerprint density at radius 2 is 0.837 bits per heavy atom. The van der Waals surface area contributed by atoms with Crippen molar-refractivity contribution in [1.29, 1.82) is 0 Å². The van der Waals surface area contributed by atoms with Crippen LogP contribution in [0.1, 0.15) is 39.2 Å². The van der Waals surface area contributed by atoms with Gasteiger partial charge in [0.15, 0.2) is 0 Å². The van der Waals surface area contributed by atoms with Crippen LogP contribution >= 0.6 is 11.6 Å². The smallest absolute Gasteiger partial charge is 0.342 e. The van der Waals surface area contributed by atoms with Gasteiger partial charge in [0.25, 0.3) is 0 Å². The van der Waals surface area contributed by atoms with E-state index in [0.717, 1.165) is 62.0 Å². The Bertz CT molecular complexity index is 1660. The standard InChI is InChI=1S/C34H28ClN3.2C4H11Si.Fe/c1-23-13-10-14-24(2)31(23)37-33(26-16-6-4-7-17-26)29-21-12-22-30(36-29)34(27-18-8-5-9-19-27)38-32-25(3)15-11-20-28(32)35;2*1-5(2,3)4;/h4-22H,1-3H3;2*1H2,2-4H3;/q;2*-1;+2. The molecule has 7 heteroatoms. The van der Waals surface area contributed by atoms with Crippen LogP contribution in [0, 0.1) is 33.9 Å². The molecule has 1 heterocycles. The molecule has 3 nitrogen and oxygen atoms in total. The fraction of sp³-hybridized carbons (Fsp3) is 0.214. The normalized spacial score (nSPS) is 11.8. The number of aryl methyl sites for hydroxylation is 3. The molecule has 0 bridgehead atoms. The third-order valence-corrected chi connectivity index (χ3v) is 6.71. The monoisotopic (exact) mass is 743 g/mol. The molecule has 0 aliphatic heterocycles. The van der Waals surface area contributed by atoms with E-state index in [-0.39, 0.29) is 17.1 Å². The van der Waals surface area contributed by atoms with Crippen molar-refractivity contribution in [3.05, 3.63) is 173 Å². The average Bonchev–Trinajstić information content (AvgIpc) is 3.00. The number of halogens is 1. The minimum atomic E-state index is -0.861. The van der Waals surface area contributed by atoms with Crippen molar-refractivity contribution < 1.29 is 17.1 Å². The summed E-state index contributed by atoms with van der Waals surface area (Å²) in [6.45, 7) is 27.3. The van der Waals surface area contributed by atoms with E-state index in [4.69, 9.17) is 26.6 Å². The number of aromatic nitrogens is 1. The second-order valence-electron chi connectivity index (χ2n) is 14.3. The van der Waals surface area contributed by atoms with Crippen LogP contribution in [-0.2, 0) is 17.1 Å². The second kappa shape index (κ2) is 19.1. The van der Waals surface area contributed by atoms with Gasteiger partial charge in [0.2, 0.25) is 0 Å². The van der Waals surface area contributed by atoms with E-state index < -0.39 is 16.1 Å². The number of hydrogen-bond acceptors (Lipinski definition) is 3. The predicted octanol–water partition coefficient (Wildman–Crippen LogP) is 12.4. The summed E-state index contributed by atoms with van der Waals surface area (Å²) in [4.78, 5) is 15.4. The molecule has 49 heavy (non-hydrogen) atoms. The van der Waals surface area contributed by atoms with E-state index in [1.54, 1.807) is 0 Å². The Balaban J connectivity index is 0.000000667. The maximum absolute atomic E-state index is 6.58. The van der Waals surface area contributed by atoms with Crippen LogP contribution in [-0.4, -0.2) is 32.6 Å². The maximum atomic E-state index is 6.58. The first kappa shape index (κ1) is 41.8. The molecular formula is C42H50ClFeN3Si2. The van der Waals surface area contributed by atoms with E-state index in [1.165, 1.54) is 0 Å². The number of hydrogen-bond donors (Lipinski definition) is 0. The number of pyridine rings is 1. The zero-order valence-corrected chi connectivity index (χ0v) is 34.3. The molecule has 0 atom stereocenters. The van der Waals surface area contributed by atoms with Crippen molar-refractivity contribution in [2.75, 3.05) is 0 Å². The zero-order chi connectivity index (χ0) is 35.5. The van der Waals surface area contributed by atoms with Gasteiger partial charge in [-0.3, -0.25) is 0 Å². The Morgan fingerprint density at radius 1 is 0.510 bits per heavy atom. The molecule has 0 saturated heterocycles. The Morgan fingerprint density at radius 3 is 1.22 bits per heavy atom. The molecular weight excluding hydrogens is 694 g/mol. The van der Waals surface area contributed by atoms with Crippen LogP contribution in [0.4, 0.5) is 11.4 Å². The summed E-state index contributed by atoms with van der Waals surface area (Å²) in [6, 6.07) is 38.4. The molecule has 1 aromatic heterocycles. The molecule has 0 unspecified atom stereocenters. The number of rotatable bonds is 6. The number of para-hydroxylation sites is 2. The Labute approximate surface area is 313 Å². The molecule has 0 fully saturated rings. The first-order chi connectivity index (χ1) is 22.5. The molecule has 4 aromatic carbocycles. The zero-order valence-electron chi connectivity index (χ0n) is 30.5. The second-order valence-corrected chi connectivity index (χ2v) is 25.0. The molecule has 5 rings (SSSR count). The molecule has 5 aromatic rings. The van der Waals surface area contributed by atoms with Gasteiger partial charge < -0.3 is 13.1 Å². The predicted molar refractivity (Wildman–Crippen MR) is 217 cm³/mol. The maximum Gasteiger partial charge on any atom is 2.00 e. The SMILES string of the molecule is Cc1cccc(C)c1N=C(c1ccccc1)c1cccc(C(=Nc2c(C)cccc2Cl)c2ccccc2)n1.[CH2-][Si](C)(C)C.[CH2-][Si](C)(C)C.[Fe+2]. The molecule has 256 valence electrons. The van der Waals surface area contributed by atoms with Gasteiger partial charge in [0.05, 0.1) is 39.2 Å².